The van der Waals surface area contributed by atoms with Crippen molar-refractivity contribution in [1.82, 2.24) is 9.97 Å². The number of nitrogens with zero attached hydrogens (tertiary/aromatic N) is 2. The number of anilines is 1. The second-order valence-corrected chi connectivity index (χ2v) is 5.60. The molecular formula is C17H21ClN4O. The van der Waals surface area contributed by atoms with E-state index in [1.54, 1.807) is 12.4 Å². The molecular weight excluding hydrogens is 312 g/mol. The fourth-order valence-electron chi connectivity index (χ4n) is 2.57. The van der Waals surface area contributed by atoms with E-state index in [0.29, 0.717) is 12.3 Å². The van der Waals surface area contributed by atoms with Gasteiger partial charge in [-0.3, -0.25) is 4.99 Å². The number of amidine groups is 1. The molecule has 2 N–H and O–H groups in total. The monoisotopic (exact) mass is 332 g/mol. The smallest absolute Gasteiger partial charge is 0.120 e. The highest BCUT2D eigenvalue weighted by atomic mass is 35.5. The first kappa shape index (κ1) is 17.2. The number of halogens is 1. The normalized spacial score (nSPS) is 17.2. The van der Waals surface area contributed by atoms with E-state index in [0.717, 1.165) is 41.5 Å². The van der Waals surface area contributed by atoms with Crippen LogP contribution in [0.15, 0.2) is 35.6 Å². The highest BCUT2D eigenvalue weighted by Crippen LogP contribution is 2.36. The Kier molecular flexibility index (Phi) is 6.35. The first-order chi connectivity index (χ1) is 11.2. The summed E-state index contributed by atoms with van der Waals surface area (Å²) in [4.78, 5) is 20.9. The zero-order chi connectivity index (χ0) is 16.7. The lowest BCUT2D eigenvalue weighted by Gasteiger charge is -2.06. The Morgan fingerprint density at radius 2 is 2.26 bits per heavy atom. The molecule has 122 valence electrons. The minimum absolute atomic E-state index is 0.410. The molecule has 1 aliphatic rings. The minimum Gasteiger partial charge on any atom is -0.349 e. The maximum Gasteiger partial charge on any atom is 0.120 e. The molecule has 23 heavy (non-hydrogen) atoms. The van der Waals surface area contributed by atoms with Crippen LogP contribution in [0, 0.1) is 0 Å². The van der Waals surface area contributed by atoms with Gasteiger partial charge in [0.25, 0.3) is 0 Å². The molecule has 0 aliphatic carbocycles. The van der Waals surface area contributed by atoms with Gasteiger partial charge in [-0.2, -0.15) is 0 Å². The number of aryl methyl sites for hydroxylation is 1. The van der Waals surface area contributed by atoms with E-state index in [1.807, 2.05) is 19.2 Å². The number of fused-ring (bicyclic) bond motifs is 1. The number of aliphatic imine (C=N–C) groups is 1. The molecule has 3 rings (SSSR count). The number of H-pyrrole nitrogens is 1. The van der Waals surface area contributed by atoms with Gasteiger partial charge in [0.2, 0.25) is 0 Å². The lowest BCUT2D eigenvalue weighted by Crippen LogP contribution is -2.11. The summed E-state index contributed by atoms with van der Waals surface area (Å²) in [7, 11) is 1.82. The average Bonchev–Trinajstić information content (AvgIpc) is 3.19. The van der Waals surface area contributed by atoms with Crippen molar-refractivity contribution < 1.29 is 4.79 Å². The molecule has 1 atom stereocenters. The molecule has 0 amide bonds. The third-order valence-electron chi connectivity index (χ3n) is 3.69. The highest BCUT2D eigenvalue weighted by Gasteiger charge is 2.26. The Bertz CT molecular complexity index is 667. The van der Waals surface area contributed by atoms with Gasteiger partial charge < -0.3 is 15.1 Å². The van der Waals surface area contributed by atoms with Gasteiger partial charge in [0.1, 0.15) is 17.9 Å². The fourth-order valence-corrected chi connectivity index (χ4v) is 2.74. The molecule has 5 nitrogen and oxygen atoms in total. The lowest BCUT2D eigenvalue weighted by atomic mass is 9.98. The number of carbonyl (C=O) groups excluding carboxylic acids is 1. The Hall–Kier alpha value is -2.14. The Morgan fingerprint density at radius 1 is 1.43 bits per heavy atom. The summed E-state index contributed by atoms with van der Waals surface area (Å²) in [5.74, 6) is 2.33. The van der Waals surface area contributed by atoms with E-state index in [-0.39, 0.29) is 0 Å². The predicted octanol–water partition coefficient (Wildman–Crippen LogP) is 3.83. The van der Waals surface area contributed by atoms with Crippen LogP contribution in [0.2, 0.25) is 5.02 Å². The predicted molar refractivity (Wildman–Crippen MR) is 94.4 cm³/mol. The van der Waals surface area contributed by atoms with Gasteiger partial charge in [0, 0.05) is 48.9 Å². The first-order valence-electron chi connectivity index (χ1n) is 7.64. The first-order valence-corrected chi connectivity index (χ1v) is 8.02. The van der Waals surface area contributed by atoms with Crippen molar-refractivity contribution >= 4 is 29.4 Å². The summed E-state index contributed by atoms with van der Waals surface area (Å²) in [5, 5.41) is 4.06. The van der Waals surface area contributed by atoms with Crippen molar-refractivity contribution in [3.63, 3.8) is 0 Å². The highest BCUT2D eigenvalue weighted by molar-refractivity contribution is 6.31. The van der Waals surface area contributed by atoms with E-state index in [9.17, 15) is 4.79 Å². The molecule has 0 fully saturated rings. The molecule has 1 aliphatic heterocycles. The number of nitrogens with one attached hydrogen (secondary N) is 2. The Morgan fingerprint density at radius 3 is 2.87 bits per heavy atom. The van der Waals surface area contributed by atoms with Gasteiger partial charge in [0.05, 0.1) is 0 Å². The van der Waals surface area contributed by atoms with Crippen LogP contribution >= 0.6 is 11.6 Å². The van der Waals surface area contributed by atoms with Gasteiger partial charge >= 0.3 is 0 Å². The number of imidazole rings is 1. The number of benzene rings is 1. The van der Waals surface area contributed by atoms with Gasteiger partial charge in [-0.25, -0.2) is 4.98 Å². The van der Waals surface area contributed by atoms with E-state index >= 15 is 0 Å². The van der Waals surface area contributed by atoms with Crippen molar-refractivity contribution in [1.29, 1.82) is 0 Å². The number of hydrogen-bond acceptors (Lipinski definition) is 3. The van der Waals surface area contributed by atoms with Gasteiger partial charge in [-0.15, -0.1) is 0 Å². The summed E-state index contributed by atoms with van der Waals surface area (Å²) in [6, 6.07) is 5.97. The quantitative estimate of drug-likeness (QED) is 0.836. The largest absolute Gasteiger partial charge is 0.349 e. The zero-order valence-corrected chi connectivity index (χ0v) is 14.1. The summed E-state index contributed by atoms with van der Waals surface area (Å²) in [6.45, 7) is 2.17. The molecule has 0 bridgehead atoms. The van der Waals surface area contributed by atoms with Crippen LogP contribution in [0.3, 0.4) is 0 Å². The SMILES string of the molecule is CCC1C(=NC)Nc2cc(Cl)ccc21.O=CCCc1ncc[nH]1. The van der Waals surface area contributed by atoms with Crippen LogP contribution in [0.25, 0.3) is 0 Å². The second kappa shape index (κ2) is 8.48. The maximum atomic E-state index is 9.86. The number of aromatic amines is 1. The number of hydrogen-bond donors (Lipinski definition) is 2. The molecule has 0 saturated carbocycles. The van der Waals surface area contributed by atoms with E-state index in [2.05, 4.69) is 33.3 Å². The molecule has 2 aromatic rings. The lowest BCUT2D eigenvalue weighted by molar-refractivity contribution is -0.107. The standard InChI is InChI=1S/C11H13ClN2.C6H8N2O/c1-3-8-9-5-4-7(12)6-10(9)14-11(8)13-2;9-5-1-2-6-7-3-4-8-6/h4-6,8H,3H2,1-2H3,(H,13,14);3-5H,1-2H2,(H,7,8). The van der Waals surface area contributed by atoms with E-state index in [4.69, 9.17) is 11.6 Å². The van der Waals surface area contributed by atoms with E-state index in [1.165, 1.54) is 5.56 Å². The zero-order valence-electron chi connectivity index (χ0n) is 13.3. The van der Waals surface area contributed by atoms with Crippen LogP contribution < -0.4 is 5.32 Å². The van der Waals surface area contributed by atoms with Crippen LogP contribution in [-0.4, -0.2) is 29.1 Å². The molecule has 0 radical (unpaired) electrons. The third-order valence-corrected chi connectivity index (χ3v) is 3.92. The minimum atomic E-state index is 0.410. The number of aldehydes is 1. The maximum absolute atomic E-state index is 9.86. The van der Waals surface area contributed by atoms with Crippen molar-refractivity contribution in [2.75, 3.05) is 12.4 Å². The van der Waals surface area contributed by atoms with Gasteiger partial charge in [0.15, 0.2) is 0 Å². The molecule has 6 heteroatoms. The van der Waals surface area contributed by atoms with Crippen molar-refractivity contribution in [3.05, 3.63) is 47.0 Å². The Balaban J connectivity index is 0.000000185. The van der Waals surface area contributed by atoms with Crippen LogP contribution in [0.4, 0.5) is 5.69 Å². The number of rotatable bonds is 4. The van der Waals surface area contributed by atoms with Crippen LogP contribution in [0.1, 0.15) is 37.1 Å². The third kappa shape index (κ3) is 4.42. The summed E-state index contributed by atoms with van der Waals surface area (Å²) < 4.78 is 0. The Labute approximate surface area is 141 Å². The van der Waals surface area contributed by atoms with Gasteiger partial charge in [-0.05, 0) is 24.1 Å². The summed E-state index contributed by atoms with van der Waals surface area (Å²) in [5.41, 5.74) is 2.41. The second-order valence-electron chi connectivity index (χ2n) is 5.17. The summed E-state index contributed by atoms with van der Waals surface area (Å²) in [6.07, 6.45) is 6.65. The van der Waals surface area contributed by atoms with Crippen molar-refractivity contribution in [2.24, 2.45) is 4.99 Å². The number of carbonyl (C=O) groups is 1. The van der Waals surface area contributed by atoms with Crippen LogP contribution in [-0.2, 0) is 11.2 Å². The number of aromatic nitrogens is 2. The fraction of sp³-hybridized carbons (Fsp3) is 0.353. The van der Waals surface area contributed by atoms with Crippen LogP contribution in [0.5, 0.6) is 0 Å². The topological polar surface area (TPSA) is 70.1 Å². The molecule has 0 spiro atoms. The van der Waals surface area contributed by atoms with Crippen molar-refractivity contribution in [2.45, 2.75) is 32.1 Å². The molecule has 0 saturated heterocycles. The molecule has 2 heterocycles. The van der Waals surface area contributed by atoms with Gasteiger partial charge in [-0.1, -0.05) is 24.6 Å². The molecule has 1 unspecified atom stereocenters. The molecule has 1 aromatic heterocycles. The average molecular weight is 333 g/mol. The van der Waals surface area contributed by atoms with E-state index < -0.39 is 0 Å². The molecule has 1 aromatic carbocycles. The summed E-state index contributed by atoms with van der Waals surface area (Å²) >= 11 is 5.93. The van der Waals surface area contributed by atoms with Crippen molar-refractivity contribution in [3.8, 4) is 0 Å².